The highest BCUT2D eigenvalue weighted by atomic mass is 127. The number of esters is 1. The van der Waals surface area contributed by atoms with Gasteiger partial charge in [0.15, 0.2) is 0 Å². The van der Waals surface area contributed by atoms with E-state index < -0.39 is 0 Å². The smallest absolute Gasteiger partial charge is 0.338 e. The lowest BCUT2D eigenvalue weighted by Gasteiger charge is -2.06. The molecule has 0 fully saturated rings. The van der Waals surface area contributed by atoms with Crippen molar-refractivity contribution in [1.29, 1.82) is 0 Å². The predicted octanol–water partition coefficient (Wildman–Crippen LogP) is 1.93. The first-order valence-electron chi connectivity index (χ1n) is 5.08. The molecule has 0 saturated heterocycles. The van der Waals surface area contributed by atoms with Gasteiger partial charge in [-0.1, -0.05) is 12.1 Å². The lowest BCUT2D eigenvalue weighted by atomic mass is 10.1. The van der Waals surface area contributed by atoms with E-state index >= 15 is 0 Å². The number of carbonyl (C=O) groups is 1. The zero-order chi connectivity index (χ0) is 11.3. The topological polar surface area (TPSA) is 26.3 Å². The molecule has 0 N–H and O–H groups in total. The third-order valence-electron chi connectivity index (χ3n) is 2.15. The first kappa shape index (κ1) is 12.7. The van der Waals surface area contributed by atoms with Gasteiger partial charge >= 0.3 is 5.97 Å². The van der Waals surface area contributed by atoms with Crippen molar-refractivity contribution in [3.63, 3.8) is 0 Å². The number of aryl methyl sites for hydroxylation is 1. The molecule has 1 rings (SSSR count). The second-order valence-electron chi connectivity index (χ2n) is 3.45. The second kappa shape index (κ2) is 6.27. The molecule has 4 heteroatoms. The number of hydrogen-bond donors (Lipinski definition) is 0. The SMILES string of the molecule is Cc1ccc(I)cc1C(=O)OCCC[SiH3]. The molecule has 0 aliphatic heterocycles. The minimum absolute atomic E-state index is 0.193. The summed E-state index contributed by atoms with van der Waals surface area (Å²) in [4.78, 5) is 11.7. The van der Waals surface area contributed by atoms with Crippen LogP contribution in [0.25, 0.3) is 0 Å². The Hall–Kier alpha value is -0.363. The van der Waals surface area contributed by atoms with E-state index in [4.69, 9.17) is 4.74 Å². The molecule has 0 aliphatic rings. The molecule has 0 unspecified atom stereocenters. The molecule has 0 heterocycles. The molecular formula is C11H15IO2Si. The van der Waals surface area contributed by atoms with Crippen LogP contribution in [0.5, 0.6) is 0 Å². The van der Waals surface area contributed by atoms with Crippen LogP contribution in [-0.4, -0.2) is 22.8 Å². The van der Waals surface area contributed by atoms with Crippen LogP contribution in [0.15, 0.2) is 18.2 Å². The van der Waals surface area contributed by atoms with Gasteiger partial charge < -0.3 is 4.74 Å². The van der Waals surface area contributed by atoms with E-state index in [2.05, 4.69) is 22.6 Å². The highest BCUT2D eigenvalue weighted by Crippen LogP contribution is 2.14. The van der Waals surface area contributed by atoms with Gasteiger partial charge in [-0.2, -0.15) is 0 Å². The van der Waals surface area contributed by atoms with Crippen LogP contribution in [0.3, 0.4) is 0 Å². The Morgan fingerprint density at radius 1 is 1.53 bits per heavy atom. The zero-order valence-corrected chi connectivity index (χ0v) is 13.2. The minimum atomic E-state index is -0.193. The number of halogens is 1. The fourth-order valence-corrected chi connectivity index (χ4v) is 1.98. The maximum atomic E-state index is 11.7. The standard InChI is InChI=1S/C11H15IO2Si/c1-8-3-4-9(12)7-10(8)11(13)14-5-2-6-15/h3-4,7H,2,5-6H2,1,15H3. The van der Waals surface area contributed by atoms with E-state index in [-0.39, 0.29) is 5.97 Å². The van der Waals surface area contributed by atoms with Gasteiger partial charge in [0.05, 0.1) is 12.2 Å². The van der Waals surface area contributed by atoms with Crippen LogP contribution in [0.2, 0.25) is 6.04 Å². The fourth-order valence-electron chi connectivity index (χ4n) is 1.20. The molecule has 1 aromatic rings. The van der Waals surface area contributed by atoms with Crippen molar-refractivity contribution in [3.05, 3.63) is 32.9 Å². The van der Waals surface area contributed by atoms with Crippen LogP contribution in [0.1, 0.15) is 22.3 Å². The minimum Gasteiger partial charge on any atom is -0.462 e. The Bertz CT molecular complexity index is 352. The average Bonchev–Trinajstić information content (AvgIpc) is 2.22. The summed E-state index contributed by atoms with van der Waals surface area (Å²) in [5, 5.41) is 0. The van der Waals surface area contributed by atoms with Crippen molar-refractivity contribution >= 4 is 38.8 Å². The van der Waals surface area contributed by atoms with E-state index in [0.29, 0.717) is 12.2 Å². The highest BCUT2D eigenvalue weighted by Gasteiger charge is 2.10. The summed E-state index contributed by atoms with van der Waals surface area (Å²) in [6.45, 7) is 2.48. The van der Waals surface area contributed by atoms with Crippen LogP contribution >= 0.6 is 22.6 Å². The molecule has 0 radical (unpaired) electrons. The fraction of sp³-hybridized carbons (Fsp3) is 0.364. The molecule has 0 amide bonds. The molecule has 1 aromatic carbocycles. The number of ether oxygens (including phenoxy) is 1. The van der Waals surface area contributed by atoms with Gasteiger partial charge in [-0.25, -0.2) is 4.79 Å². The van der Waals surface area contributed by atoms with Gasteiger partial charge in [0.1, 0.15) is 0 Å². The van der Waals surface area contributed by atoms with E-state index in [0.717, 1.165) is 15.6 Å². The predicted molar refractivity (Wildman–Crippen MR) is 73.5 cm³/mol. The van der Waals surface area contributed by atoms with Crippen molar-refractivity contribution in [3.8, 4) is 0 Å². The lowest BCUT2D eigenvalue weighted by Crippen LogP contribution is -2.08. The Labute approximate surface area is 107 Å². The monoisotopic (exact) mass is 334 g/mol. The van der Waals surface area contributed by atoms with Gasteiger partial charge in [-0.15, -0.1) is 0 Å². The van der Waals surface area contributed by atoms with Crippen LogP contribution in [0.4, 0.5) is 0 Å². The number of rotatable bonds is 4. The summed E-state index contributed by atoms with van der Waals surface area (Å²) in [5.74, 6) is -0.193. The third kappa shape index (κ3) is 3.94. The quantitative estimate of drug-likeness (QED) is 0.364. The molecule has 0 aromatic heterocycles. The van der Waals surface area contributed by atoms with Crippen molar-refractivity contribution in [2.75, 3.05) is 6.61 Å². The zero-order valence-electron chi connectivity index (χ0n) is 9.05. The van der Waals surface area contributed by atoms with Gasteiger partial charge in [0, 0.05) is 13.8 Å². The van der Waals surface area contributed by atoms with E-state index in [1.807, 2.05) is 25.1 Å². The molecule has 0 atom stereocenters. The second-order valence-corrected chi connectivity index (χ2v) is 5.69. The molecular weight excluding hydrogens is 319 g/mol. The molecule has 0 saturated carbocycles. The van der Waals surface area contributed by atoms with E-state index in [1.54, 1.807) is 0 Å². The summed E-state index contributed by atoms with van der Waals surface area (Å²) in [5.41, 5.74) is 1.67. The first-order valence-corrected chi connectivity index (χ1v) is 7.57. The van der Waals surface area contributed by atoms with E-state index in [9.17, 15) is 4.79 Å². The summed E-state index contributed by atoms with van der Waals surface area (Å²) in [6.07, 6.45) is 0.987. The number of hydrogen-bond acceptors (Lipinski definition) is 2. The highest BCUT2D eigenvalue weighted by molar-refractivity contribution is 14.1. The Kier molecular flexibility index (Phi) is 5.31. The maximum Gasteiger partial charge on any atom is 0.338 e. The van der Waals surface area contributed by atoms with Crippen LogP contribution < -0.4 is 0 Å². The van der Waals surface area contributed by atoms with E-state index in [1.165, 1.54) is 16.3 Å². The first-order chi connectivity index (χ1) is 7.15. The number of benzene rings is 1. The molecule has 15 heavy (non-hydrogen) atoms. The molecule has 0 bridgehead atoms. The molecule has 2 nitrogen and oxygen atoms in total. The van der Waals surface area contributed by atoms with Crippen molar-refractivity contribution < 1.29 is 9.53 Å². The normalized spacial score (nSPS) is 10.3. The summed E-state index contributed by atoms with van der Waals surface area (Å²) < 4.78 is 6.25. The Morgan fingerprint density at radius 2 is 2.27 bits per heavy atom. The van der Waals surface area contributed by atoms with Crippen LogP contribution in [0, 0.1) is 10.5 Å². The third-order valence-corrected chi connectivity index (χ3v) is 3.53. The van der Waals surface area contributed by atoms with Crippen molar-refractivity contribution in [2.45, 2.75) is 19.4 Å². The largest absolute Gasteiger partial charge is 0.462 e. The maximum absolute atomic E-state index is 11.7. The summed E-state index contributed by atoms with van der Waals surface area (Å²) in [6, 6.07) is 6.99. The summed E-state index contributed by atoms with van der Waals surface area (Å²) >= 11 is 2.20. The van der Waals surface area contributed by atoms with Gasteiger partial charge in [0.25, 0.3) is 0 Å². The lowest BCUT2D eigenvalue weighted by molar-refractivity contribution is 0.0504. The van der Waals surface area contributed by atoms with Crippen molar-refractivity contribution in [2.24, 2.45) is 0 Å². The van der Waals surface area contributed by atoms with Gasteiger partial charge in [-0.05, 0) is 53.6 Å². The van der Waals surface area contributed by atoms with Crippen LogP contribution in [-0.2, 0) is 4.74 Å². The number of carbonyl (C=O) groups excluding carboxylic acids is 1. The Balaban J connectivity index is 2.68. The van der Waals surface area contributed by atoms with Crippen molar-refractivity contribution in [1.82, 2.24) is 0 Å². The van der Waals surface area contributed by atoms with Gasteiger partial charge in [0.2, 0.25) is 0 Å². The summed E-state index contributed by atoms with van der Waals surface area (Å²) in [7, 11) is 1.17. The van der Waals surface area contributed by atoms with Gasteiger partial charge in [-0.3, -0.25) is 0 Å². The molecule has 0 spiro atoms. The molecule has 82 valence electrons. The Morgan fingerprint density at radius 3 is 2.93 bits per heavy atom. The molecule has 0 aliphatic carbocycles. The average molecular weight is 334 g/mol.